The quantitative estimate of drug-likeness (QED) is 0.835. The Kier molecular flexibility index (Phi) is 4.95. The number of benzene rings is 1. The van der Waals surface area contributed by atoms with E-state index in [0.717, 1.165) is 5.56 Å². The highest BCUT2D eigenvalue weighted by molar-refractivity contribution is 6.30. The second-order valence-corrected chi connectivity index (χ2v) is 7.03. The zero-order chi connectivity index (χ0) is 17.2. The number of nitrogens with zero attached hydrogens (tertiary/aromatic N) is 1. The van der Waals surface area contributed by atoms with Crippen molar-refractivity contribution >= 4 is 23.3 Å². The molecule has 1 heterocycles. The molecule has 0 aliphatic rings. The highest BCUT2D eigenvalue weighted by Gasteiger charge is 2.17. The van der Waals surface area contributed by atoms with Gasteiger partial charge in [-0.15, -0.1) is 0 Å². The minimum atomic E-state index is -1.08. The Morgan fingerprint density at radius 2 is 1.87 bits per heavy atom. The van der Waals surface area contributed by atoms with Gasteiger partial charge in [0, 0.05) is 12.2 Å². The average molecular weight is 333 g/mol. The van der Waals surface area contributed by atoms with Gasteiger partial charge >= 0.3 is 5.97 Å². The Morgan fingerprint density at radius 3 is 2.39 bits per heavy atom. The highest BCUT2D eigenvalue weighted by atomic mass is 35.5. The Bertz CT molecular complexity index is 706. The molecule has 122 valence electrons. The molecule has 1 aromatic heterocycles. The molecule has 0 saturated carbocycles. The molecular weight excluding hydrogens is 312 g/mol. The average Bonchev–Trinajstić information content (AvgIpc) is 2.46. The third-order valence-corrected chi connectivity index (χ3v) is 3.91. The molecule has 1 aromatic carbocycles. The summed E-state index contributed by atoms with van der Waals surface area (Å²) < 4.78 is 0. The molecule has 2 rings (SSSR count). The van der Waals surface area contributed by atoms with Crippen LogP contribution >= 0.6 is 11.6 Å². The summed E-state index contributed by atoms with van der Waals surface area (Å²) in [6.45, 7) is 8.47. The van der Waals surface area contributed by atoms with Crippen LogP contribution in [0.4, 0.5) is 5.69 Å². The molecule has 0 amide bonds. The van der Waals surface area contributed by atoms with E-state index >= 15 is 0 Å². The number of carboxylic acid groups (broad SMARTS) is 1. The van der Waals surface area contributed by atoms with Crippen molar-refractivity contribution < 1.29 is 9.90 Å². The van der Waals surface area contributed by atoms with Crippen LogP contribution in [0, 0.1) is 0 Å². The van der Waals surface area contributed by atoms with Gasteiger partial charge in [0.15, 0.2) is 5.69 Å². The minimum Gasteiger partial charge on any atom is -0.476 e. The Balaban J connectivity index is 2.24. The maximum Gasteiger partial charge on any atom is 0.356 e. The number of carbonyl (C=O) groups is 1. The molecule has 2 aromatic rings. The van der Waals surface area contributed by atoms with Crippen molar-refractivity contribution in [2.75, 3.05) is 5.32 Å². The van der Waals surface area contributed by atoms with Crippen molar-refractivity contribution in [3.05, 3.63) is 58.4 Å². The van der Waals surface area contributed by atoms with Crippen molar-refractivity contribution in [3.8, 4) is 0 Å². The summed E-state index contributed by atoms with van der Waals surface area (Å²) in [5.74, 6) is -1.08. The van der Waals surface area contributed by atoms with Crippen LogP contribution in [0.25, 0.3) is 0 Å². The number of pyridine rings is 1. The van der Waals surface area contributed by atoms with Crippen LogP contribution in [-0.4, -0.2) is 16.1 Å². The lowest BCUT2D eigenvalue weighted by molar-refractivity contribution is 0.0691. The summed E-state index contributed by atoms with van der Waals surface area (Å²) in [6.07, 6.45) is 1.33. The first-order valence-electron chi connectivity index (χ1n) is 7.44. The first-order valence-corrected chi connectivity index (χ1v) is 7.82. The second-order valence-electron chi connectivity index (χ2n) is 6.59. The van der Waals surface area contributed by atoms with Crippen LogP contribution < -0.4 is 5.32 Å². The van der Waals surface area contributed by atoms with Crippen molar-refractivity contribution in [3.63, 3.8) is 0 Å². The van der Waals surface area contributed by atoms with Gasteiger partial charge < -0.3 is 10.4 Å². The van der Waals surface area contributed by atoms with Crippen LogP contribution in [0.5, 0.6) is 0 Å². The largest absolute Gasteiger partial charge is 0.476 e. The molecule has 0 bridgehead atoms. The standard InChI is InChI=1S/C18H21ClN2O2/c1-11(12-5-7-13(8-6-12)18(2,3)4)21-15-9-14(19)10-20-16(15)17(22)23/h5-11,21H,1-4H3,(H,22,23). The van der Waals surface area contributed by atoms with Crippen LogP contribution in [0.2, 0.25) is 5.02 Å². The number of nitrogens with one attached hydrogen (secondary N) is 1. The molecular formula is C18H21ClN2O2. The lowest BCUT2D eigenvalue weighted by Crippen LogP contribution is -2.13. The fourth-order valence-electron chi connectivity index (χ4n) is 2.31. The fraction of sp³-hybridized carbons (Fsp3) is 0.333. The van der Waals surface area contributed by atoms with Crippen molar-refractivity contribution in [2.24, 2.45) is 0 Å². The van der Waals surface area contributed by atoms with Crippen molar-refractivity contribution in [1.82, 2.24) is 4.98 Å². The molecule has 23 heavy (non-hydrogen) atoms. The van der Waals surface area contributed by atoms with E-state index < -0.39 is 5.97 Å². The van der Waals surface area contributed by atoms with E-state index in [4.69, 9.17) is 11.6 Å². The molecule has 0 saturated heterocycles. The van der Waals surface area contributed by atoms with Gasteiger partial charge in [0.05, 0.1) is 10.7 Å². The van der Waals surface area contributed by atoms with Gasteiger partial charge in [0.25, 0.3) is 0 Å². The number of anilines is 1. The highest BCUT2D eigenvalue weighted by Crippen LogP contribution is 2.27. The first-order chi connectivity index (χ1) is 10.7. The molecule has 2 N–H and O–H groups in total. The normalized spacial score (nSPS) is 12.7. The summed E-state index contributed by atoms with van der Waals surface area (Å²) in [5, 5.41) is 12.8. The zero-order valence-corrected chi connectivity index (χ0v) is 14.5. The monoisotopic (exact) mass is 332 g/mol. The van der Waals surface area contributed by atoms with Gasteiger partial charge in [0.1, 0.15) is 0 Å². The predicted molar refractivity (Wildman–Crippen MR) is 93.4 cm³/mol. The maximum atomic E-state index is 11.3. The molecule has 1 atom stereocenters. The summed E-state index contributed by atoms with van der Waals surface area (Å²) in [7, 11) is 0. The third-order valence-electron chi connectivity index (χ3n) is 3.71. The number of aromatic carboxylic acids is 1. The topological polar surface area (TPSA) is 62.2 Å². The van der Waals surface area contributed by atoms with Gasteiger partial charge in [-0.1, -0.05) is 56.6 Å². The lowest BCUT2D eigenvalue weighted by atomic mass is 9.86. The third kappa shape index (κ3) is 4.23. The predicted octanol–water partition coefficient (Wildman–Crippen LogP) is 4.90. The Labute approximate surface area is 141 Å². The molecule has 0 fully saturated rings. The van der Waals surface area contributed by atoms with Gasteiger partial charge in [-0.05, 0) is 29.5 Å². The number of hydrogen-bond donors (Lipinski definition) is 2. The van der Waals surface area contributed by atoms with E-state index in [1.807, 2.05) is 6.92 Å². The van der Waals surface area contributed by atoms with E-state index in [1.54, 1.807) is 6.07 Å². The summed E-state index contributed by atoms with van der Waals surface area (Å²) >= 11 is 5.93. The Hall–Kier alpha value is -2.07. The maximum absolute atomic E-state index is 11.3. The number of hydrogen-bond acceptors (Lipinski definition) is 3. The molecule has 1 unspecified atom stereocenters. The van der Waals surface area contributed by atoms with Crippen molar-refractivity contribution in [1.29, 1.82) is 0 Å². The molecule has 4 nitrogen and oxygen atoms in total. The minimum absolute atomic E-state index is 0.0347. The second kappa shape index (κ2) is 6.59. The smallest absolute Gasteiger partial charge is 0.356 e. The fourth-order valence-corrected chi connectivity index (χ4v) is 2.47. The number of aromatic nitrogens is 1. The molecule has 0 aliphatic carbocycles. The van der Waals surface area contributed by atoms with Gasteiger partial charge in [-0.3, -0.25) is 0 Å². The number of carboxylic acids is 1. The summed E-state index contributed by atoms with van der Waals surface area (Å²) in [5.41, 5.74) is 2.80. The van der Waals surface area contributed by atoms with Gasteiger partial charge in [0.2, 0.25) is 0 Å². The lowest BCUT2D eigenvalue weighted by Gasteiger charge is -2.21. The molecule has 0 radical (unpaired) electrons. The Morgan fingerprint density at radius 1 is 1.26 bits per heavy atom. The van der Waals surface area contributed by atoms with E-state index in [1.165, 1.54) is 11.8 Å². The van der Waals surface area contributed by atoms with Crippen LogP contribution in [0.15, 0.2) is 36.5 Å². The van der Waals surface area contributed by atoms with E-state index in [9.17, 15) is 9.90 Å². The van der Waals surface area contributed by atoms with Crippen LogP contribution in [0.3, 0.4) is 0 Å². The van der Waals surface area contributed by atoms with Crippen LogP contribution in [0.1, 0.15) is 55.4 Å². The van der Waals surface area contributed by atoms with E-state index in [-0.39, 0.29) is 17.2 Å². The molecule has 0 aliphatic heterocycles. The summed E-state index contributed by atoms with van der Waals surface area (Å²) in [6, 6.07) is 9.82. The molecule has 0 spiro atoms. The van der Waals surface area contributed by atoms with E-state index in [2.05, 4.69) is 55.3 Å². The van der Waals surface area contributed by atoms with Crippen molar-refractivity contribution in [2.45, 2.75) is 39.2 Å². The zero-order valence-electron chi connectivity index (χ0n) is 13.7. The first kappa shape index (κ1) is 17.3. The summed E-state index contributed by atoms with van der Waals surface area (Å²) in [4.78, 5) is 15.1. The SMILES string of the molecule is CC(Nc1cc(Cl)cnc1C(=O)O)c1ccc(C(C)(C)C)cc1. The van der Waals surface area contributed by atoms with Crippen LogP contribution in [-0.2, 0) is 5.41 Å². The van der Waals surface area contributed by atoms with E-state index in [0.29, 0.717) is 10.7 Å². The molecule has 5 heteroatoms. The number of rotatable bonds is 4. The van der Waals surface area contributed by atoms with Gasteiger partial charge in [-0.2, -0.15) is 0 Å². The number of halogens is 1. The van der Waals surface area contributed by atoms with Gasteiger partial charge in [-0.25, -0.2) is 9.78 Å².